The largest absolute Gasteiger partial charge is 0.369 e. The van der Waals surface area contributed by atoms with Gasteiger partial charge in [-0.1, -0.05) is 0 Å². The molecule has 90 valence electrons. The molecular weight excluding hydrogens is 300 g/mol. The second kappa shape index (κ2) is 6.09. The molecule has 0 aliphatic heterocycles. The minimum atomic E-state index is 0.682. The highest BCUT2D eigenvalue weighted by Crippen LogP contribution is 2.28. The summed E-state index contributed by atoms with van der Waals surface area (Å²) >= 11 is 5.07. The van der Waals surface area contributed by atoms with Crippen LogP contribution in [-0.2, 0) is 0 Å². The number of halogens is 1. The molecule has 0 saturated carbocycles. The Morgan fingerprint density at radius 1 is 1.35 bits per heavy atom. The van der Waals surface area contributed by atoms with E-state index in [4.69, 9.17) is 5.73 Å². The standard InChI is InChI=1S/C11H13BrN4S/c12-8-6-10(17-7-8)9-2-3-11(16-15-9)14-5-1-4-13/h2-3,6-7H,1,4-5,13H2,(H,14,16). The van der Waals surface area contributed by atoms with E-state index < -0.39 is 0 Å². The van der Waals surface area contributed by atoms with E-state index in [2.05, 4.69) is 31.4 Å². The van der Waals surface area contributed by atoms with E-state index >= 15 is 0 Å². The predicted molar refractivity (Wildman–Crippen MR) is 75.2 cm³/mol. The second-order valence-electron chi connectivity index (χ2n) is 3.50. The van der Waals surface area contributed by atoms with Crippen molar-refractivity contribution in [2.24, 2.45) is 5.73 Å². The van der Waals surface area contributed by atoms with Crippen molar-refractivity contribution < 1.29 is 0 Å². The quantitative estimate of drug-likeness (QED) is 0.833. The zero-order chi connectivity index (χ0) is 12.1. The molecule has 2 rings (SSSR count). The molecule has 0 amide bonds. The van der Waals surface area contributed by atoms with Crippen molar-refractivity contribution in [3.05, 3.63) is 28.1 Å². The van der Waals surface area contributed by atoms with Crippen LogP contribution < -0.4 is 11.1 Å². The van der Waals surface area contributed by atoms with E-state index in [1.165, 1.54) is 0 Å². The molecule has 4 nitrogen and oxygen atoms in total. The lowest BCUT2D eigenvalue weighted by Crippen LogP contribution is -2.09. The Balaban J connectivity index is 2.02. The average molecular weight is 313 g/mol. The van der Waals surface area contributed by atoms with Crippen LogP contribution in [0.15, 0.2) is 28.1 Å². The Bertz CT molecular complexity index is 469. The van der Waals surface area contributed by atoms with Crippen LogP contribution in [0.25, 0.3) is 10.6 Å². The van der Waals surface area contributed by atoms with Gasteiger partial charge in [0.1, 0.15) is 11.5 Å². The fraction of sp³-hybridized carbons (Fsp3) is 0.273. The zero-order valence-corrected chi connectivity index (χ0v) is 11.6. The third kappa shape index (κ3) is 3.49. The van der Waals surface area contributed by atoms with Crippen molar-refractivity contribution in [2.75, 3.05) is 18.4 Å². The summed E-state index contributed by atoms with van der Waals surface area (Å²) in [5.41, 5.74) is 6.31. The van der Waals surface area contributed by atoms with Gasteiger partial charge >= 0.3 is 0 Å². The normalized spacial score (nSPS) is 10.5. The number of nitrogens with two attached hydrogens (primary N) is 1. The third-order valence-electron chi connectivity index (χ3n) is 2.17. The highest BCUT2D eigenvalue weighted by Gasteiger charge is 2.03. The summed E-state index contributed by atoms with van der Waals surface area (Å²) in [7, 11) is 0. The van der Waals surface area contributed by atoms with Crippen LogP contribution in [0.1, 0.15) is 6.42 Å². The molecule has 2 aromatic heterocycles. The van der Waals surface area contributed by atoms with Crippen LogP contribution in [0, 0.1) is 0 Å². The molecule has 3 N–H and O–H groups in total. The first-order valence-corrected chi connectivity index (χ1v) is 6.99. The lowest BCUT2D eigenvalue weighted by atomic mass is 10.3. The molecular formula is C11H13BrN4S. The van der Waals surface area contributed by atoms with E-state index in [1.54, 1.807) is 11.3 Å². The Hall–Kier alpha value is -0.980. The van der Waals surface area contributed by atoms with E-state index in [9.17, 15) is 0 Å². The number of nitrogens with zero attached hydrogens (tertiary/aromatic N) is 2. The monoisotopic (exact) mass is 312 g/mol. The first kappa shape index (κ1) is 12.5. The van der Waals surface area contributed by atoms with E-state index in [-0.39, 0.29) is 0 Å². The lowest BCUT2D eigenvalue weighted by molar-refractivity contribution is 0.864. The number of thiophene rings is 1. The molecule has 2 heterocycles. The fourth-order valence-electron chi connectivity index (χ4n) is 1.32. The van der Waals surface area contributed by atoms with Crippen molar-refractivity contribution in [1.82, 2.24) is 10.2 Å². The van der Waals surface area contributed by atoms with Crippen molar-refractivity contribution in [3.8, 4) is 10.6 Å². The summed E-state index contributed by atoms with van der Waals surface area (Å²) in [5.74, 6) is 0.790. The highest BCUT2D eigenvalue weighted by molar-refractivity contribution is 9.10. The van der Waals surface area contributed by atoms with Gasteiger partial charge in [0.05, 0.1) is 4.88 Å². The molecule has 2 aromatic rings. The molecule has 0 bridgehead atoms. The average Bonchev–Trinajstić information content (AvgIpc) is 2.77. The van der Waals surface area contributed by atoms with Gasteiger partial charge in [0.2, 0.25) is 0 Å². The molecule has 0 spiro atoms. The third-order valence-corrected chi connectivity index (χ3v) is 3.89. The van der Waals surface area contributed by atoms with Gasteiger partial charge in [0.25, 0.3) is 0 Å². The fourth-order valence-corrected chi connectivity index (χ4v) is 2.72. The number of anilines is 1. The molecule has 0 aromatic carbocycles. The Morgan fingerprint density at radius 3 is 2.82 bits per heavy atom. The van der Waals surface area contributed by atoms with Gasteiger partial charge in [0, 0.05) is 16.4 Å². The Kier molecular flexibility index (Phi) is 4.47. The minimum Gasteiger partial charge on any atom is -0.369 e. The van der Waals surface area contributed by atoms with Crippen LogP contribution in [0.4, 0.5) is 5.82 Å². The molecule has 0 unspecified atom stereocenters. The maximum absolute atomic E-state index is 5.42. The van der Waals surface area contributed by atoms with Crippen molar-refractivity contribution in [2.45, 2.75) is 6.42 Å². The SMILES string of the molecule is NCCCNc1ccc(-c2cc(Br)cs2)nn1. The lowest BCUT2D eigenvalue weighted by Gasteiger charge is -2.03. The molecule has 0 aliphatic carbocycles. The highest BCUT2D eigenvalue weighted by atomic mass is 79.9. The summed E-state index contributed by atoms with van der Waals surface area (Å²) in [5, 5.41) is 13.5. The van der Waals surface area contributed by atoms with Crippen molar-refractivity contribution in [3.63, 3.8) is 0 Å². The van der Waals surface area contributed by atoms with Crippen LogP contribution in [0.2, 0.25) is 0 Å². The summed E-state index contributed by atoms with van der Waals surface area (Å²) in [4.78, 5) is 1.11. The zero-order valence-electron chi connectivity index (χ0n) is 9.19. The van der Waals surface area contributed by atoms with Crippen molar-refractivity contribution >= 4 is 33.1 Å². The van der Waals surface area contributed by atoms with Gasteiger partial charge < -0.3 is 11.1 Å². The number of hydrogen-bond donors (Lipinski definition) is 2. The number of nitrogens with one attached hydrogen (secondary N) is 1. The summed E-state index contributed by atoms with van der Waals surface area (Å²) in [6, 6.07) is 5.94. The van der Waals surface area contributed by atoms with Gasteiger partial charge in [-0.25, -0.2) is 0 Å². The van der Waals surface area contributed by atoms with E-state index in [0.717, 1.165) is 33.8 Å². The van der Waals surface area contributed by atoms with Gasteiger partial charge in [-0.3, -0.25) is 0 Å². The number of hydrogen-bond acceptors (Lipinski definition) is 5. The number of aromatic nitrogens is 2. The predicted octanol–water partition coefficient (Wildman–Crippen LogP) is 2.73. The Morgan fingerprint density at radius 2 is 2.24 bits per heavy atom. The van der Waals surface area contributed by atoms with Gasteiger partial charge in [-0.2, -0.15) is 0 Å². The summed E-state index contributed by atoms with van der Waals surface area (Å²) < 4.78 is 1.07. The summed E-state index contributed by atoms with van der Waals surface area (Å²) in [6.07, 6.45) is 0.932. The van der Waals surface area contributed by atoms with Gasteiger partial charge in [0.15, 0.2) is 0 Å². The maximum Gasteiger partial charge on any atom is 0.148 e. The minimum absolute atomic E-state index is 0.682. The van der Waals surface area contributed by atoms with Gasteiger partial charge in [-0.05, 0) is 47.1 Å². The number of rotatable bonds is 5. The summed E-state index contributed by atoms with van der Waals surface area (Å²) in [6.45, 7) is 1.51. The molecule has 6 heteroatoms. The maximum atomic E-state index is 5.42. The van der Waals surface area contributed by atoms with Crippen LogP contribution in [-0.4, -0.2) is 23.3 Å². The molecule has 0 saturated heterocycles. The van der Waals surface area contributed by atoms with E-state index in [1.807, 2.05) is 23.6 Å². The molecule has 0 atom stereocenters. The topological polar surface area (TPSA) is 63.8 Å². The first-order valence-electron chi connectivity index (χ1n) is 5.31. The van der Waals surface area contributed by atoms with Crippen LogP contribution in [0.3, 0.4) is 0 Å². The first-order chi connectivity index (χ1) is 8.29. The second-order valence-corrected chi connectivity index (χ2v) is 5.33. The molecule has 0 aliphatic rings. The van der Waals surface area contributed by atoms with Gasteiger partial charge in [-0.15, -0.1) is 21.5 Å². The molecule has 0 fully saturated rings. The van der Waals surface area contributed by atoms with Crippen molar-refractivity contribution in [1.29, 1.82) is 0 Å². The molecule has 17 heavy (non-hydrogen) atoms. The van der Waals surface area contributed by atoms with Crippen LogP contribution >= 0.6 is 27.3 Å². The Labute approximate surface area is 112 Å². The molecule has 0 radical (unpaired) electrons. The smallest absolute Gasteiger partial charge is 0.148 e. The van der Waals surface area contributed by atoms with Crippen LogP contribution in [0.5, 0.6) is 0 Å². The van der Waals surface area contributed by atoms with E-state index in [0.29, 0.717) is 6.54 Å².